The van der Waals surface area contributed by atoms with Crippen molar-refractivity contribution in [3.8, 4) is 0 Å². The van der Waals surface area contributed by atoms with E-state index in [1.54, 1.807) is 6.07 Å². The smallest absolute Gasteiger partial charge is 0.227 e. The molecule has 1 saturated heterocycles. The number of primary amides is 1. The van der Waals surface area contributed by atoms with Crippen LogP contribution in [0.2, 0.25) is 0 Å². The number of anilines is 1. The number of rotatable bonds is 4. The topological polar surface area (TPSA) is 84.2 Å². The molecule has 1 aromatic carbocycles. The SMILES string of the molecule is CC1CC(C(=O)Nc2ccccc2CC(N)=O)CCN1. The first-order valence-corrected chi connectivity index (χ1v) is 6.96. The summed E-state index contributed by atoms with van der Waals surface area (Å²) in [6.07, 6.45) is 1.82. The molecule has 1 fully saturated rings. The molecule has 4 N–H and O–H groups in total. The van der Waals surface area contributed by atoms with E-state index in [4.69, 9.17) is 5.73 Å². The molecule has 0 bridgehead atoms. The van der Waals surface area contributed by atoms with Gasteiger partial charge >= 0.3 is 0 Å². The summed E-state index contributed by atoms with van der Waals surface area (Å²) in [6.45, 7) is 2.95. The standard InChI is InChI=1S/C15H21N3O2/c1-10-8-12(6-7-17-10)15(20)18-13-5-3-2-4-11(13)9-14(16)19/h2-5,10,12,17H,6-9H2,1H3,(H2,16,19)(H,18,20). The van der Waals surface area contributed by atoms with Crippen molar-refractivity contribution >= 4 is 17.5 Å². The van der Waals surface area contributed by atoms with Crippen LogP contribution in [0.15, 0.2) is 24.3 Å². The van der Waals surface area contributed by atoms with Gasteiger partial charge in [0.05, 0.1) is 6.42 Å². The molecule has 0 aliphatic carbocycles. The minimum atomic E-state index is -0.401. The average molecular weight is 275 g/mol. The Morgan fingerprint density at radius 1 is 1.40 bits per heavy atom. The van der Waals surface area contributed by atoms with Gasteiger partial charge < -0.3 is 16.4 Å². The number of hydrogen-bond donors (Lipinski definition) is 3. The van der Waals surface area contributed by atoms with Crippen molar-refractivity contribution < 1.29 is 9.59 Å². The van der Waals surface area contributed by atoms with Crippen LogP contribution in [0, 0.1) is 5.92 Å². The predicted octanol–water partition coefficient (Wildman–Crippen LogP) is 1.04. The lowest BCUT2D eigenvalue weighted by Gasteiger charge is -2.27. The molecule has 1 aliphatic heterocycles. The molecule has 2 atom stereocenters. The van der Waals surface area contributed by atoms with Crippen molar-refractivity contribution in [2.75, 3.05) is 11.9 Å². The Morgan fingerprint density at radius 2 is 2.15 bits per heavy atom. The van der Waals surface area contributed by atoms with Gasteiger partial charge in [0.15, 0.2) is 0 Å². The van der Waals surface area contributed by atoms with Crippen molar-refractivity contribution in [2.24, 2.45) is 11.7 Å². The number of piperidine rings is 1. The Bertz CT molecular complexity index is 502. The zero-order chi connectivity index (χ0) is 14.5. The van der Waals surface area contributed by atoms with Crippen LogP contribution in [-0.2, 0) is 16.0 Å². The summed E-state index contributed by atoms with van der Waals surface area (Å²) in [5.41, 5.74) is 6.67. The Kier molecular flexibility index (Phi) is 4.74. The van der Waals surface area contributed by atoms with Gasteiger partial charge in [-0.05, 0) is 37.9 Å². The molecule has 0 radical (unpaired) electrons. The lowest BCUT2D eigenvalue weighted by molar-refractivity contribution is -0.121. The van der Waals surface area contributed by atoms with Gasteiger partial charge in [0, 0.05) is 17.6 Å². The summed E-state index contributed by atoms with van der Waals surface area (Å²) in [6, 6.07) is 7.65. The molecule has 2 amide bonds. The maximum absolute atomic E-state index is 12.3. The highest BCUT2D eigenvalue weighted by Crippen LogP contribution is 2.21. The van der Waals surface area contributed by atoms with E-state index in [1.165, 1.54) is 0 Å². The summed E-state index contributed by atoms with van der Waals surface area (Å²) in [7, 11) is 0. The molecule has 1 aromatic rings. The summed E-state index contributed by atoms with van der Waals surface area (Å²) >= 11 is 0. The average Bonchev–Trinajstić information content (AvgIpc) is 2.40. The lowest BCUT2D eigenvalue weighted by Crippen LogP contribution is -2.40. The number of hydrogen-bond acceptors (Lipinski definition) is 3. The van der Waals surface area contributed by atoms with Gasteiger partial charge in [0.2, 0.25) is 11.8 Å². The van der Waals surface area contributed by atoms with E-state index in [0.717, 1.165) is 24.9 Å². The molecule has 5 heteroatoms. The van der Waals surface area contributed by atoms with E-state index in [9.17, 15) is 9.59 Å². The van der Waals surface area contributed by atoms with Crippen molar-refractivity contribution in [3.05, 3.63) is 29.8 Å². The van der Waals surface area contributed by atoms with E-state index in [2.05, 4.69) is 17.6 Å². The molecule has 20 heavy (non-hydrogen) atoms. The van der Waals surface area contributed by atoms with Gasteiger partial charge in [-0.2, -0.15) is 0 Å². The zero-order valence-corrected chi connectivity index (χ0v) is 11.7. The number of nitrogens with two attached hydrogens (primary N) is 1. The molecular weight excluding hydrogens is 254 g/mol. The van der Waals surface area contributed by atoms with Crippen LogP contribution in [0.25, 0.3) is 0 Å². The number of benzene rings is 1. The Hall–Kier alpha value is -1.88. The monoisotopic (exact) mass is 275 g/mol. The summed E-state index contributed by atoms with van der Waals surface area (Å²) in [4.78, 5) is 23.3. The fourth-order valence-electron chi connectivity index (χ4n) is 2.59. The Balaban J connectivity index is 2.05. The van der Waals surface area contributed by atoms with Crippen LogP contribution >= 0.6 is 0 Å². The van der Waals surface area contributed by atoms with Crippen LogP contribution < -0.4 is 16.4 Å². The molecule has 0 spiro atoms. The first kappa shape index (κ1) is 14.5. The maximum Gasteiger partial charge on any atom is 0.227 e. The maximum atomic E-state index is 12.3. The fraction of sp³-hybridized carbons (Fsp3) is 0.467. The number of amides is 2. The zero-order valence-electron chi connectivity index (χ0n) is 11.7. The van der Waals surface area contributed by atoms with Gasteiger partial charge in [0.25, 0.3) is 0 Å². The van der Waals surface area contributed by atoms with Crippen LogP contribution in [0.5, 0.6) is 0 Å². The van der Waals surface area contributed by atoms with E-state index in [-0.39, 0.29) is 18.2 Å². The molecule has 1 aliphatic rings. The number of nitrogens with one attached hydrogen (secondary N) is 2. The molecule has 1 heterocycles. The van der Waals surface area contributed by atoms with Gasteiger partial charge in [0.1, 0.15) is 0 Å². The van der Waals surface area contributed by atoms with E-state index in [1.807, 2.05) is 18.2 Å². The molecule has 2 unspecified atom stereocenters. The van der Waals surface area contributed by atoms with Gasteiger partial charge in [-0.15, -0.1) is 0 Å². The van der Waals surface area contributed by atoms with Crippen LogP contribution in [0.3, 0.4) is 0 Å². The second-order valence-electron chi connectivity index (χ2n) is 5.37. The molecular formula is C15H21N3O2. The highest BCUT2D eigenvalue weighted by Gasteiger charge is 2.25. The van der Waals surface area contributed by atoms with Crippen molar-refractivity contribution in [3.63, 3.8) is 0 Å². The normalized spacial score (nSPS) is 22.2. The lowest BCUT2D eigenvalue weighted by atomic mass is 9.92. The van der Waals surface area contributed by atoms with Crippen molar-refractivity contribution in [1.82, 2.24) is 5.32 Å². The van der Waals surface area contributed by atoms with Crippen LogP contribution in [-0.4, -0.2) is 24.4 Å². The number of carbonyl (C=O) groups is 2. The highest BCUT2D eigenvalue weighted by atomic mass is 16.2. The molecule has 0 saturated carbocycles. The van der Waals surface area contributed by atoms with E-state index < -0.39 is 5.91 Å². The summed E-state index contributed by atoms with van der Waals surface area (Å²) in [5, 5.41) is 6.26. The molecule has 2 rings (SSSR count). The van der Waals surface area contributed by atoms with Crippen LogP contribution in [0.1, 0.15) is 25.3 Å². The molecule has 108 valence electrons. The minimum absolute atomic E-state index is 0.0212. The molecule has 5 nitrogen and oxygen atoms in total. The van der Waals surface area contributed by atoms with E-state index >= 15 is 0 Å². The van der Waals surface area contributed by atoms with Gasteiger partial charge in [-0.3, -0.25) is 9.59 Å². The van der Waals surface area contributed by atoms with Crippen LogP contribution in [0.4, 0.5) is 5.69 Å². The van der Waals surface area contributed by atoms with E-state index in [0.29, 0.717) is 11.7 Å². The number of carbonyl (C=O) groups excluding carboxylic acids is 2. The largest absolute Gasteiger partial charge is 0.369 e. The fourth-order valence-corrected chi connectivity index (χ4v) is 2.59. The second-order valence-corrected chi connectivity index (χ2v) is 5.37. The second kappa shape index (κ2) is 6.52. The first-order chi connectivity index (χ1) is 9.56. The third kappa shape index (κ3) is 3.81. The summed E-state index contributed by atoms with van der Waals surface area (Å²) < 4.78 is 0. The third-order valence-corrected chi connectivity index (χ3v) is 3.63. The third-order valence-electron chi connectivity index (χ3n) is 3.63. The Labute approximate surface area is 118 Å². The van der Waals surface area contributed by atoms with Crippen molar-refractivity contribution in [1.29, 1.82) is 0 Å². The van der Waals surface area contributed by atoms with Crippen molar-refractivity contribution in [2.45, 2.75) is 32.2 Å². The van der Waals surface area contributed by atoms with Gasteiger partial charge in [-0.1, -0.05) is 18.2 Å². The quantitative estimate of drug-likeness (QED) is 0.767. The first-order valence-electron chi connectivity index (χ1n) is 6.96. The summed E-state index contributed by atoms with van der Waals surface area (Å²) in [5.74, 6) is -0.356. The predicted molar refractivity (Wildman–Crippen MR) is 78.2 cm³/mol. The molecule has 0 aromatic heterocycles. The van der Waals surface area contributed by atoms with Gasteiger partial charge in [-0.25, -0.2) is 0 Å². The Morgan fingerprint density at radius 3 is 2.85 bits per heavy atom. The number of para-hydroxylation sites is 1. The highest BCUT2D eigenvalue weighted by molar-refractivity contribution is 5.94. The minimum Gasteiger partial charge on any atom is -0.369 e.